The number of nitrogens with one attached hydrogen (secondary N) is 2. The van der Waals surface area contributed by atoms with E-state index in [2.05, 4.69) is 32.9 Å². The van der Waals surface area contributed by atoms with Crippen LogP contribution in [0.2, 0.25) is 0 Å². The van der Waals surface area contributed by atoms with Gasteiger partial charge in [-0.05, 0) is 56.4 Å². The minimum absolute atomic E-state index is 0.0398. The average Bonchev–Trinajstić information content (AvgIpc) is 3.27. The van der Waals surface area contributed by atoms with Crippen molar-refractivity contribution < 1.29 is 9.53 Å². The summed E-state index contributed by atoms with van der Waals surface area (Å²) in [5, 5.41) is 11.1. The van der Waals surface area contributed by atoms with Crippen molar-refractivity contribution in [2.45, 2.75) is 45.2 Å². The molecule has 7 heteroatoms. The van der Waals surface area contributed by atoms with Crippen LogP contribution in [0, 0.1) is 5.92 Å². The first-order chi connectivity index (χ1) is 13.7. The first-order valence-corrected chi connectivity index (χ1v) is 9.92. The highest BCUT2D eigenvalue weighted by Gasteiger charge is 2.27. The normalized spacial score (nSPS) is 19.9. The minimum atomic E-state index is -0.0551. The van der Waals surface area contributed by atoms with E-state index in [0.717, 1.165) is 42.9 Å². The third kappa shape index (κ3) is 5.34. The molecule has 1 heterocycles. The molecule has 2 aromatic rings. The quantitative estimate of drug-likeness (QED) is 0.455. The van der Waals surface area contributed by atoms with Crippen LogP contribution in [0.5, 0.6) is 0 Å². The van der Waals surface area contributed by atoms with Gasteiger partial charge in [0.1, 0.15) is 0 Å². The molecule has 0 bridgehead atoms. The van der Waals surface area contributed by atoms with Gasteiger partial charge in [0, 0.05) is 32.0 Å². The molecule has 0 atom stereocenters. The fourth-order valence-electron chi connectivity index (χ4n) is 3.54. The Balaban J connectivity index is 1.48. The molecule has 3 rings (SSSR count). The summed E-state index contributed by atoms with van der Waals surface area (Å²) in [6.45, 7) is 2.98. The van der Waals surface area contributed by atoms with Gasteiger partial charge in [-0.1, -0.05) is 12.1 Å². The van der Waals surface area contributed by atoms with Gasteiger partial charge in [0.05, 0.1) is 18.2 Å². The van der Waals surface area contributed by atoms with E-state index in [9.17, 15) is 4.79 Å². The van der Waals surface area contributed by atoms with Crippen molar-refractivity contribution >= 4 is 11.9 Å². The number of guanidine groups is 1. The summed E-state index contributed by atoms with van der Waals surface area (Å²) in [4.78, 5) is 16.2. The van der Waals surface area contributed by atoms with Gasteiger partial charge >= 0.3 is 5.97 Å². The lowest BCUT2D eigenvalue weighted by Crippen LogP contribution is -2.45. The highest BCUT2D eigenvalue weighted by atomic mass is 16.5. The second-order valence-electron chi connectivity index (χ2n) is 6.99. The van der Waals surface area contributed by atoms with E-state index in [1.807, 2.05) is 36.0 Å². The van der Waals surface area contributed by atoms with Crippen molar-refractivity contribution in [1.82, 2.24) is 20.4 Å². The first-order valence-electron chi connectivity index (χ1n) is 9.92. The van der Waals surface area contributed by atoms with Crippen molar-refractivity contribution in [1.29, 1.82) is 0 Å². The third-order valence-corrected chi connectivity index (χ3v) is 5.05. The summed E-state index contributed by atoms with van der Waals surface area (Å²) in [6, 6.07) is 10.5. The number of carbonyl (C=O) groups is 1. The van der Waals surface area contributed by atoms with Crippen LogP contribution in [0.25, 0.3) is 5.69 Å². The van der Waals surface area contributed by atoms with E-state index in [0.29, 0.717) is 19.2 Å². The second-order valence-corrected chi connectivity index (χ2v) is 6.99. The highest BCUT2D eigenvalue weighted by molar-refractivity contribution is 5.80. The maximum atomic E-state index is 11.9. The number of carbonyl (C=O) groups excluding carboxylic acids is 1. The van der Waals surface area contributed by atoms with Gasteiger partial charge in [0.25, 0.3) is 0 Å². The Hall–Kier alpha value is -2.83. The fourth-order valence-corrected chi connectivity index (χ4v) is 3.54. The molecule has 7 nitrogen and oxygen atoms in total. The minimum Gasteiger partial charge on any atom is -0.466 e. The number of rotatable bonds is 6. The standard InChI is InChI=1S/C21H29N5O2/c1-3-28-20(27)17-8-10-18(11-9-17)25-21(22-2)23-15-16-6-4-7-19(14-16)26-13-5-12-24-26/h4-7,12-14,17-18H,3,8-11,15H2,1-2H3,(H2,22,23,25). The number of aromatic nitrogens is 2. The van der Waals surface area contributed by atoms with Crippen LogP contribution in [-0.4, -0.2) is 41.4 Å². The SMILES string of the molecule is CCOC(=O)C1CCC(NC(=NC)NCc2cccc(-n3cccn3)c2)CC1. The van der Waals surface area contributed by atoms with Crippen LogP contribution >= 0.6 is 0 Å². The molecule has 0 amide bonds. The van der Waals surface area contributed by atoms with Gasteiger partial charge in [0.15, 0.2) is 5.96 Å². The van der Waals surface area contributed by atoms with Crippen molar-refractivity contribution in [2.24, 2.45) is 10.9 Å². The van der Waals surface area contributed by atoms with Crippen LogP contribution in [0.15, 0.2) is 47.7 Å². The molecule has 0 radical (unpaired) electrons. The van der Waals surface area contributed by atoms with E-state index < -0.39 is 0 Å². The monoisotopic (exact) mass is 383 g/mol. The summed E-state index contributed by atoms with van der Waals surface area (Å²) in [6.07, 6.45) is 7.31. The number of hydrogen-bond donors (Lipinski definition) is 2. The Morgan fingerprint density at radius 3 is 2.79 bits per heavy atom. The number of aliphatic imine (C=N–C) groups is 1. The highest BCUT2D eigenvalue weighted by Crippen LogP contribution is 2.25. The smallest absolute Gasteiger partial charge is 0.308 e. The topological polar surface area (TPSA) is 80.5 Å². The van der Waals surface area contributed by atoms with Gasteiger partial charge in [-0.2, -0.15) is 5.10 Å². The van der Waals surface area contributed by atoms with E-state index >= 15 is 0 Å². The third-order valence-electron chi connectivity index (χ3n) is 5.05. The average molecular weight is 383 g/mol. The summed E-state index contributed by atoms with van der Waals surface area (Å²) in [5.41, 5.74) is 2.19. The Kier molecular flexibility index (Phi) is 7.06. The van der Waals surface area contributed by atoms with Crippen LogP contribution in [0.1, 0.15) is 38.2 Å². The van der Waals surface area contributed by atoms with Gasteiger partial charge in [0.2, 0.25) is 0 Å². The molecule has 1 aromatic heterocycles. The molecule has 2 N–H and O–H groups in total. The lowest BCUT2D eigenvalue weighted by atomic mass is 9.86. The summed E-state index contributed by atoms with van der Waals surface area (Å²) in [7, 11) is 1.78. The second kappa shape index (κ2) is 9.92. The van der Waals surface area contributed by atoms with Crippen molar-refractivity contribution in [3.63, 3.8) is 0 Å². The number of benzene rings is 1. The van der Waals surface area contributed by atoms with Crippen molar-refractivity contribution in [3.05, 3.63) is 48.3 Å². The number of ether oxygens (including phenoxy) is 1. The first kappa shape index (κ1) is 19.9. The lowest BCUT2D eigenvalue weighted by Gasteiger charge is -2.29. The molecule has 0 saturated heterocycles. The Bertz CT molecular complexity index is 780. The largest absolute Gasteiger partial charge is 0.466 e. The van der Waals surface area contributed by atoms with Gasteiger partial charge in [-0.25, -0.2) is 4.68 Å². The summed E-state index contributed by atoms with van der Waals surface area (Å²) < 4.78 is 6.99. The van der Waals surface area contributed by atoms with Gasteiger partial charge in [-0.15, -0.1) is 0 Å². The number of esters is 1. The maximum Gasteiger partial charge on any atom is 0.308 e. The molecule has 1 aliphatic carbocycles. The van der Waals surface area contributed by atoms with E-state index in [4.69, 9.17) is 4.74 Å². The molecule has 1 aliphatic rings. The van der Waals surface area contributed by atoms with Crippen LogP contribution in [-0.2, 0) is 16.1 Å². The number of hydrogen-bond acceptors (Lipinski definition) is 4. The molecule has 1 saturated carbocycles. The zero-order valence-corrected chi connectivity index (χ0v) is 16.6. The molecule has 1 fully saturated rings. The zero-order valence-electron chi connectivity index (χ0n) is 16.6. The summed E-state index contributed by atoms with van der Waals surface area (Å²) in [5.74, 6) is 0.766. The molecular weight excluding hydrogens is 354 g/mol. The summed E-state index contributed by atoms with van der Waals surface area (Å²) >= 11 is 0. The molecular formula is C21H29N5O2. The van der Waals surface area contributed by atoms with Gasteiger partial charge in [-0.3, -0.25) is 9.79 Å². The molecule has 150 valence electrons. The Labute approximate surface area is 166 Å². The van der Waals surface area contributed by atoms with E-state index in [-0.39, 0.29) is 11.9 Å². The van der Waals surface area contributed by atoms with Crippen LogP contribution in [0.3, 0.4) is 0 Å². The fraction of sp³-hybridized carbons (Fsp3) is 0.476. The van der Waals surface area contributed by atoms with E-state index in [1.165, 1.54) is 0 Å². The molecule has 0 aliphatic heterocycles. The predicted octanol–water partition coefficient (Wildman–Crippen LogP) is 2.66. The lowest BCUT2D eigenvalue weighted by molar-refractivity contribution is -0.149. The van der Waals surface area contributed by atoms with E-state index in [1.54, 1.807) is 13.2 Å². The Morgan fingerprint density at radius 2 is 2.11 bits per heavy atom. The van der Waals surface area contributed by atoms with Gasteiger partial charge < -0.3 is 15.4 Å². The number of nitrogens with zero attached hydrogens (tertiary/aromatic N) is 3. The Morgan fingerprint density at radius 1 is 1.29 bits per heavy atom. The van der Waals surface area contributed by atoms with Crippen molar-refractivity contribution in [3.8, 4) is 5.69 Å². The molecule has 0 unspecified atom stereocenters. The molecule has 0 spiro atoms. The predicted molar refractivity (Wildman–Crippen MR) is 109 cm³/mol. The molecule has 1 aromatic carbocycles. The van der Waals surface area contributed by atoms with Crippen molar-refractivity contribution in [2.75, 3.05) is 13.7 Å². The maximum absolute atomic E-state index is 11.9. The molecule has 28 heavy (non-hydrogen) atoms. The van der Waals surface area contributed by atoms with Crippen LogP contribution in [0.4, 0.5) is 0 Å². The zero-order chi connectivity index (χ0) is 19.8. The van der Waals surface area contributed by atoms with Crippen LogP contribution < -0.4 is 10.6 Å².